The van der Waals surface area contributed by atoms with Gasteiger partial charge in [-0.1, -0.05) is 42.0 Å². The number of fused-ring (bicyclic) bond motifs is 1. The molecule has 0 aliphatic carbocycles. The summed E-state index contributed by atoms with van der Waals surface area (Å²) in [6, 6.07) is 17.2. The lowest BCUT2D eigenvalue weighted by atomic mass is 10.1. The van der Waals surface area contributed by atoms with Crippen molar-refractivity contribution in [2.24, 2.45) is 0 Å². The van der Waals surface area contributed by atoms with E-state index in [2.05, 4.69) is 58.7 Å². The zero-order valence-electron chi connectivity index (χ0n) is 15.1. The molecule has 1 aliphatic rings. The van der Waals surface area contributed by atoms with Gasteiger partial charge in [-0.3, -0.25) is 0 Å². The number of aryl methyl sites for hydroxylation is 2. The lowest BCUT2D eigenvalue weighted by molar-refractivity contribution is 0.306. The van der Waals surface area contributed by atoms with Gasteiger partial charge in [0.1, 0.15) is 24.5 Å². The molecular weight excluding hydrogens is 324 g/mol. The van der Waals surface area contributed by atoms with Gasteiger partial charge in [-0.25, -0.2) is 9.67 Å². The normalized spacial score (nSPS) is 16.3. The van der Waals surface area contributed by atoms with Gasteiger partial charge in [0.05, 0.1) is 6.54 Å². The van der Waals surface area contributed by atoms with E-state index in [1.165, 1.54) is 16.7 Å². The van der Waals surface area contributed by atoms with E-state index in [4.69, 9.17) is 4.74 Å². The Balaban J connectivity index is 1.26. The highest BCUT2D eigenvalue weighted by atomic mass is 16.5. The summed E-state index contributed by atoms with van der Waals surface area (Å²) in [4.78, 5) is 4.27. The molecule has 0 bridgehead atoms. The number of aromatic nitrogens is 3. The average molecular weight is 348 g/mol. The number of ether oxygens (including phenoxy) is 1. The summed E-state index contributed by atoms with van der Waals surface area (Å²) >= 11 is 0. The minimum Gasteiger partial charge on any atom is -0.489 e. The first-order valence-electron chi connectivity index (χ1n) is 9.13. The van der Waals surface area contributed by atoms with Crippen LogP contribution < -0.4 is 10.1 Å². The third-order valence-electron chi connectivity index (χ3n) is 4.85. The fraction of sp³-hybridized carbons (Fsp3) is 0.333. The zero-order valence-corrected chi connectivity index (χ0v) is 15.1. The Morgan fingerprint density at radius 3 is 2.65 bits per heavy atom. The summed E-state index contributed by atoms with van der Waals surface area (Å²) in [5, 5.41) is 7.89. The molecule has 2 aromatic carbocycles. The Labute approximate surface area is 154 Å². The number of hydrogen-bond acceptors (Lipinski definition) is 4. The van der Waals surface area contributed by atoms with E-state index in [-0.39, 0.29) is 0 Å². The molecule has 1 N–H and O–H groups in total. The Bertz CT molecular complexity index is 839. The van der Waals surface area contributed by atoms with Gasteiger partial charge in [0.2, 0.25) is 0 Å². The molecule has 0 radical (unpaired) electrons. The van der Waals surface area contributed by atoms with Crippen molar-refractivity contribution in [2.45, 2.75) is 45.5 Å². The molecule has 3 aromatic rings. The Kier molecular flexibility index (Phi) is 4.97. The maximum atomic E-state index is 5.87. The summed E-state index contributed by atoms with van der Waals surface area (Å²) in [6.07, 6.45) is 3.74. The van der Waals surface area contributed by atoms with Gasteiger partial charge in [-0.05, 0) is 36.6 Å². The molecule has 0 amide bonds. The number of rotatable bonds is 6. The van der Waals surface area contributed by atoms with Crippen LogP contribution in [0, 0.1) is 6.92 Å². The largest absolute Gasteiger partial charge is 0.489 e. The van der Waals surface area contributed by atoms with Crippen molar-refractivity contribution in [3.63, 3.8) is 0 Å². The predicted octanol–water partition coefficient (Wildman–Crippen LogP) is 3.27. The van der Waals surface area contributed by atoms with Crippen LogP contribution in [0.1, 0.15) is 28.9 Å². The van der Waals surface area contributed by atoms with E-state index in [1.54, 1.807) is 6.33 Å². The van der Waals surface area contributed by atoms with E-state index in [0.717, 1.165) is 37.5 Å². The SMILES string of the molecule is Cc1ccc(COc2ccc(CNC3CCc4ncnn4C3)cc2)cc1. The van der Waals surface area contributed by atoms with Gasteiger partial charge < -0.3 is 10.1 Å². The second kappa shape index (κ2) is 7.70. The van der Waals surface area contributed by atoms with Gasteiger partial charge in [0.25, 0.3) is 0 Å². The molecule has 26 heavy (non-hydrogen) atoms. The van der Waals surface area contributed by atoms with Crippen molar-refractivity contribution in [1.29, 1.82) is 0 Å². The third-order valence-corrected chi connectivity index (χ3v) is 4.85. The van der Waals surface area contributed by atoms with Crippen molar-refractivity contribution < 1.29 is 4.74 Å². The van der Waals surface area contributed by atoms with Crippen molar-refractivity contribution in [3.8, 4) is 5.75 Å². The van der Waals surface area contributed by atoms with Gasteiger partial charge in [-0.2, -0.15) is 5.10 Å². The van der Waals surface area contributed by atoms with E-state index in [1.807, 2.05) is 16.8 Å². The van der Waals surface area contributed by atoms with Gasteiger partial charge in [0.15, 0.2) is 0 Å². The molecule has 0 saturated heterocycles. The first-order chi connectivity index (χ1) is 12.8. The summed E-state index contributed by atoms with van der Waals surface area (Å²) < 4.78 is 7.88. The van der Waals surface area contributed by atoms with Crippen LogP contribution in [0.2, 0.25) is 0 Å². The monoisotopic (exact) mass is 348 g/mol. The van der Waals surface area contributed by atoms with Crippen LogP contribution in [0.5, 0.6) is 5.75 Å². The average Bonchev–Trinajstić information content (AvgIpc) is 3.14. The third kappa shape index (κ3) is 4.11. The fourth-order valence-electron chi connectivity index (χ4n) is 3.22. The molecule has 0 saturated carbocycles. The van der Waals surface area contributed by atoms with Gasteiger partial charge in [0, 0.05) is 19.0 Å². The molecule has 1 aromatic heterocycles. The van der Waals surface area contributed by atoms with Crippen LogP contribution in [0.3, 0.4) is 0 Å². The highest BCUT2D eigenvalue weighted by Crippen LogP contribution is 2.16. The van der Waals surface area contributed by atoms with E-state index in [9.17, 15) is 0 Å². The van der Waals surface area contributed by atoms with Crippen LogP contribution in [0.15, 0.2) is 54.9 Å². The molecule has 4 rings (SSSR count). The number of nitrogens with zero attached hydrogens (tertiary/aromatic N) is 3. The Hall–Kier alpha value is -2.66. The highest BCUT2D eigenvalue weighted by molar-refractivity contribution is 5.28. The number of hydrogen-bond donors (Lipinski definition) is 1. The smallest absolute Gasteiger partial charge is 0.138 e. The lowest BCUT2D eigenvalue weighted by Crippen LogP contribution is -2.37. The topological polar surface area (TPSA) is 52.0 Å². The van der Waals surface area contributed by atoms with Crippen LogP contribution in [-0.2, 0) is 26.1 Å². The van der Waals surface area contributed by atoms with Crippen molar-refractivity contribution in [3.05, 3.63) is 77.4 Å². The van der Waals surface area contributed by atoms with Crippen molar-refractivity contribution >= 4 is 0 Å². The quantitative estimate of drug-likeness (QED) is 0.743. The van der Waals surface area contributed by atoms with Crippen LogP contribution in [0.4, 0.5) is 0 Å². The number of benzene rings is 2. The summed E-state index contributed by atoms with van der Waals surface area (Å²) in [5.74, 6) is 2.00. The first kappa shape index (κ1) is 16.8. The Morgan fingerprint density at radius 1 is 1.08 bits per heavy atom. The van der Waals surface area contributed by atoms with Crippen LogP contribution in [-0.4, -0.2) is 20.8 Å². The summed E-state index contributed by atoms with van der Waals surface area (Å²) in [5.41, 5.74) is 3.71. The standard InChI is InChI=1S/C21H24N4O/c1-16-2-4-18(5-3-16)14-26-20-9-6-17(7-10-20)12-22-19-8-11-21-23-15-24-25(21)13-19/h2-7,9-10,15,19,22H,8,11-14H2,1H3. The molecule has 1 unspecified atom stereocenters. The molecule has 0 fully saturated rings. The first-order valence-corrected chi connectivity index (χ1v) is 9.13. The lowest BCUT2D eigenvalue weighted by Gasteiger charge is -2.23. The van der Waals surface area contributed by atoms with E-state index in [0.29, 0.717) is 12.6 Å². The molecule has 5 nitrogen and oxygen atoms in total. The second-order valence-corrected chi connectivity index (χ2v) is 6.89. The summed E-state index contributed by atoms with van der Waals surface area (Å²) in [7, 11) is 0. The van der Waals surface area contributed by atoms with Crippen molar-refractivity contribution in [1.82, 2.24) is 20.1 Å². The van der Waals surface area contributed by atoms with Crippen LogP contribution in [0.25, 0.3) is 0 Å². The van der Waals surface area contributed by atoms with Gasteiger partial charge in [-0.15, -0.1) is 0 Å². The molecule has 2 heterocycles. The van der Waals surface area contributed by atoms with Crippen LogP contribution >= 0.6 is 0 Å². The van der Waals surface area contributed by atoms with Crippen molar-refractivity contribution in [2.75, 3.05) is 0 Å². The number of nitrogens with one attached hydrogen (secondary N) is 1. The predicted molar refractivity (Wildman–Crippen MR) is 101 cm³/mol. The van der Waals surface area contributed by atoms with E-state index < -0.39 is 0 Å². The zero-order chi connectivity index (χ0) is 17.8. The fourth-order valence-corrected chi connectivity index (χ4v) is 3.22. The molecule has 5 heteroatoms. The molecule has 1 atom stereocenters. The molecular formula is C21H24N4O. The highest BCUT2D eigenvalue weighted by Gasteiger charge is 2.18. The summed E-state index contributed by atoms with van der Waals surface area (Å²) in [6.45, 7) is 4.44. The van der Waals surface area contributed by atoms with E-state index >= 15 is 0 Å². The second-order valence-electron chi connectivity index (χ2n) is 6.89. The maximum absolute atomic E-state index is 5.87. The molecule has 0 spiro atoms. The van der Waals surface area contributed by atoms with Gasteiger partial charge >= 0.3 is 0 Å². The molecule has 134 valence electrons. The minimum atomic E-state index is 0.446. The Morgan fingerprint density at radius 2 is 1.85 bits per heavy atom. The molecule has 1 aliphatic heterocycles. The minimum absolute atomic E-state index is 0.446. The maximum Gasteiger partial charge on any atom is 0.138 e.